The van der Waals surface area contributed by atoms with Crippen LogP contribution < -0.4 is 5.43 Å². The van der Waals surface area contributed by atoms with Crippen LogP contribution in [0.3, 0.4) is 0 Å². The highest BCUT2D eigenvalue weighted by Crippen LogP contribution is 2.32. The molecule has 5 nitrogen and oxygen atoms in total. The summed E-state index contributed by atoms with van der Waals surface area (Å²) >= 11 is 1.78. The second-order valence-electron chi connectivity index (χ2n) is 5.44. The van der Waals surface area contributed by atoms with Gasteiger partial charge in [-0.1, -0.05) is 12.1 Å². The summed E-state index contributed by atoms with van der Waals surface area (Å²) in [5, 5.41) is 2.10. The van der Waals surface area contributed by atoms with Crippen LogP contribution in [0.5, 0.6) is 0 Å². The van der Waals surface area contributed by atoms with E-state index in [-0.39, 0.29) is 12.1 Å². The second-order valence-corrected chi connectivity index (χ2v) is 6.44. The largest absolute Gasteiger partial charge is 0.337 e. The van der Waals surface area contributed by atoms with E-state index in [0.29, 0.717) is 0 Å². The molecular weight excluding hydrogens is 296 g/mol. The Morgan fingerprint density at radius 3 is 3.14 bits per heavy atom. The van der Waals surface area contributed by atoms with Crippen LogP contribution in [0.25, 0.3) is 11.0 Å². The molecule has 1 atom stereocenters. The van der Waals surface area contributed by atoms with Crippen LogP contribution >= 0.6 is 11.3 Å². The number of hydrogen-bond acceptors (Lipinski definition) is 3. The van der Waals surface area contributed by atoms with Gasteiger partial charge in [0, 0.05) is 11.4 Å². The van der Waals surface area contributed by atoms with Crippen molar-refractivity contribution in [2.75, 3.05) is 12.0 Å². The molecule has 1 aliphatic rings. The molecule has 2 amide bonds. The van der Waals surface area contributed by atoms with Gasteiger partial charge in [0.1, 0.15) is 6.33 Å². The Bertz CT molecular complexity index is 837. The Morgan fingerprint density at radius 2 is 2.23 bits per heavy atom. The zero-order valence-corrected chi connectivity index (χ0v) is 13.0. The number of hydrogen-bond donors (Lipinski definition) is 1. The number of carbonyl (C=O) groups is 1. The van der Waals surface area contributed by atoms with Gasteiger partial charge in [-0.15, -0.1) is 11.3 Å². The zero-order valence-electron chi connectivity index (χ0n) is 12.2. The van der Waals surface area contributed by atoms with Gasteiger partial charge in [-0.2, -0.15) is 0 Å². The molecule has 0 saturated heterocycles. The molecule has 3 heterocycles. The highest BCUT2D eigenvalue weighted by atomic mass is 32.1. The SMILES string of the molecule is C[C@@H]1c2ccsc2CCN1C(=O)Nn1cnc2ccccc21. The summed E-state index contributed by atoms with van der Waals surface area (Å²) < 4.78 is 1.69. The molecule has 1 N–H and O–H groups in total. The zero-order chi connectivity index (χ0) is 15.1. The van der Waals surface area contributed by atoms with Crippen molar-refractivity contribution in [2.24, 2.45) is 0 Å². The highest BCUT2D eigenvalue weighted by Gasteiger charge is 2.28. The fourth-order valence-electron chi connectivity index (χ4n) is 3.00. The van der Waals surface area contributed by atoms with E-state index in [4.69, 9.17) is 0 Å². The smallest absolute Gasteiger partial charge is 0.316 e. The molecule has 1 aromatic carbocycles. The number of aromatic nitrogens is 2. The number of para-hydroxylation sites is 2. The number of thiophene rings is 1. The molecule has 0 unspecified atom stereocenters. The summed E-state index contributed by atoms with van der Waals surface area (Å²) in [6.07, 6.45) is 2.57. The lowest BCUT2D eigenvalue weighted by molar-refractivity contribution is 0.186. The maximum atomic E-state index is 12.6. The molecule has 2 aromatic heterocycles. The van der Waals surface area contributed by atoms with E-state index in [1.807, 2.05) is 29.2 Å². The number of nitrogens with one attached hydrogen (secondary N) is 1. The number of urea groups is 1. The van der Waals surface area contributed by atoms with E-state index in [0.717, 1.165) is 24.0 Å². The lowest BCUT2D eigenvalue weighted by atomic mass is 10.0. The van der Waals surface area contributed by atoms with Crippen LogP contribution in [0.1, 0.15) is 23.4 Å². The Hall–Kier alpha value is -2.34. The third-order valence-electron chi connectivity index (χ3n) is 4.21. The summed E-state index contributed by atoms with van der Waals surface area (Å²) in [5.41, 5.74) is 5.97. The van der Waals surface area contributed by atoms with Gasteiger partial charge in [-0.3, -0.25) is 0 Å². The first-order valence-electron chi connectivity index (χ1n) is 7.30. The van der Waals surface area contributed by atoms with Gasteiger partial charge in [-0.25, -0.2) is 19.9 Å². The van der Waals surface area contributed by atoms with Crippen molar-refractivity contribution in [2.45, 2.75) is 19.4 Å². The number of rotatable bonds is 1. The van der Waals surface area contributed by atoms with Gasteiger partial charge in [0.2, 0.25) is 0 Å². The van der Waals surface area contributed by atoms with Crippen LogP contribution in [-0.4, -0.2) is 27.1 Å². The standard InChI is InChI=1S/C16H16N4OS/c1-11-12-7-9-22-15(12)6-8-19(11)16(21)18-20-10-17-13-4-2-3-5-14(13)20/h2-5,7,9-11H,6,8H2,1H3,(H,18,21)/t11-/m1/s1. The molecule has 4 rings (SSSR count). The predicted molar refractivity (Wildman–Crippen MR) is 87.6 cm³/mol. The number of fused-ring (bicyclic) bond motifs is 2. The molecular formula is C16H16N4OS. The summed E-state index contributed by atoms with van der Waals surface area (Å²) in [4.78, 5) is 20.2. The number of carbonyl (C=O) groups excluding carboxylic acids is 1. The van der Waals surface area contributed by atoms with E-state index < -0.39 is 0 Å². The summed E-state index contributed by atoms with van der Waals surface area (Å²) in [6, 6.07) is 9.88. The topological polar surface area (TPSA) is 50.2 Å². The predicted octanol–water partition coefficient (Wildman–Crippen LogP) is 3.38. The van der Waals surface area contributed by atoms with Gasteiger partial charge in [0.05, 0.1) is 17.1 Å². The lowest BCUT2D eigenvalue weighted by Crippen LogP contribution is -2.43. The van der Waals surface area contributed by atoms with Crippen molar-refractivity contribution in [3.05, 3.63) is 52.5 Å². The molecule has 6 heteroatoms. The lowest BCUT2D eigenvalue weighted by Gasteiger charge is -2.33. The number of nitrogens with zero attached hydrogens (tertiary/aromatic N) is 3. The van der Waals surface area contributed by atoms with Gasteiger partial charge in [-0.05, 0) is 42.5 Å². The maximum Gasteiger partial charge on any atom is 0.337 e. The Labute approximate surface area is 132 Å². The Kier molecular flexibility index (Phi) is 3.11. The van der Waals surface area contributed by atoms with Crippen molar-refractivity contribution in [3.63, 3.8) is 0 Å². The minimum atomic E-state index is -0.0903. The molecule has 0 saturated carbocycles. The first-order valence-corrected chi connectivity index (χ1v) is 8.18. The van der Waals surface area contributed by atoms with Crippen LogP contribution in [0.4, 0.5) is 4.79 Å². The number of amides is 2. The Balaban J connectivity index is 1.58. The van der Waals surface area contributed by atoms with E-state index in [2.05, 4.69) is 28.8 Å². The van der Waals surface area contributed by atoms with E-state index in [9.17, 15) is 4.79 Å². The normalized spacial score (nSPS) is 17.5. The van der Waals surface area contributed by atoms with Gasteiger partial charge < -0.3 is 4.90 Å². The summed E-state index contributed by atoms with van der Waals surface area (Å²) in [5.74, 6) is 0. The van der Waals surface area contributed by atoms with Crippen LogP contribution in [0, 0.1) is 0 Å². The minimum Gasteiger partial charge on any atom is -0.316 e. The molecule has 0 fully saturated rings. The van der Waals surface area contributed by atoms with Crippen molar-refractivity contribution in [1.29, 1.82) is 0 Å². The van der Waals surface area contributed by atoms with Gasteiger partial charge in [0.25, 0.3) is 0 Å². The van der Waals surface area contributed by atoms with Crippen molar-refractivity contribution >= 4 is 28.4 Å². The van der Waals surface area contributed by atoms with Crippen LogP contribution in [0.15, 0.2) is 42.0 Å². The first-order chi connectivity index (χ1) is 10.7. The first kappa shape index (κ1) is 13.3. The third kappa shape index (κ3) is 2.07. The quantitative estimate of drug-likeness (QED) is 0.749. The fourth-order valence-corrected chi connectivity index (χ4v) is 3.97. The molecule has 3 aromatic rings. The molecule has 0 spiro atoms. The maximum absolute atomic E-state index is 12.6. The number of benzene rings is 1. The van der Waals surface area contributed by atoms with Gasteiger partial charge in [0.15, 0.2) is 0 Å². The van der Waals surface area contributed by atoms with Crippen LogP contribution in [-0.2, 0) is 6.42 Å². The molecule has 0 radical (unpaired) electrons. The summed E-state index contributed by atoms with van der Waals surface area (Å²) in [7, 11) is 0. The fraction of sp³-hybridized carbons (Fsp3) is 0.250. The van der Waals surface area contributed by atoms with E-state index in [1.54, 1.807) is 22.3 Å². The van der Waals surface area contributed by atoms with Crippen LogP contribution in [0.2, 0.25) is 0 Å². The second kappa shape index (κ2) is 5.14. The summed E-state index contributed by atoms with van der Waals surface area (Å²) in [6.45, 7) is 2.82. The molecule has 0 aliphatic carbocycles. The van der Waals surface area contributed by atoms with Crippen molar-refractivity contribution in [1.82, 2.24) is 14.6 Å². The van der Waals surface area contributed by atoms with E-state index >= 15 is 0 Å². The number of imidazole rings is 1. The van der Waals surface area contributed by atoms with Crippen molar-refractivity contribution < 1.29 is 4.79 Å². The van der Waals surface area contributed by atoms with Gasteiger partial charge >= 0.3 is 6.03 Å². The third-order valence-corrected chi connectivity index (χ3v) is 5.20. The average Bonchev–Trinajstić information content (AvgIpc) is 3.15. The highest BCUT2D eigenvalue weighted by molar-refractivity contribution is 7.10. The Morgan fingerprint density at radius 1 is 1.36 bits per heavy atom. The monoisotopic (exact) mass is 312 g/mol. The van der Waals surface area contributed by atoms with E-state index in [1.165, 1.54) is 10.4 Å². The molecule has 22 heavy (non-hydrogen) atoms. The molecule has 112 valence electrons. The minimum absolute atomic E-state index is 0.0903. The average molecular weight is 312 g/mol. The molecule has 0 bridgehead atoms. The van der Waals surface area contributed by atoms with Crippen molar-refractivity contribution in [3.8, 4) is 0 Å². The molecule has 1 aliphatic heterocycles.